The first-order chi connectivity index (χ1) is 11.3. The number of halogens is 1. The maximum absolute atomic E-state index is 12.9. The summed E-state index contributed by atoms with van der Waals surface area (Å²) in [5, 5.41) is 2.75. The molecule has 7 heteroatoms. The summed E-state index contributed by atoms with van der Waals surface area (Å²) in [6.45, 7) is 3.27. The molecule has 0 heterocycles. The summed E-state index contributed by atoms with van der Waals surface area (Å²) >= 11 is 0. The molecule has 2 N–H and O–H groups in total. The molecule has 0 aliphatic heterocycles. The lowest BCUT2D eigenvalue weighted by Gasteiger charge is -2.19. The fourth-order valence-corrected chi connectivity index (χ4v) is 3.33. The minimum absolute atomic E-state index is 0.0975. The maximum Gasteiger partial charge on any atom is 0.241 e. The summed E-state index contributed by atoms with van der Waals surface area (Å²) in [6, 6.07) is 12.5. The van der Waals surface area contributed by atoms with Crippen LogP contribution in [0.15, 0.2) is 59.5 Å². The van der Waals surface area contributed by atoms with E-state index in [4.69, 9.17) is 0 Å². The van der Waals surface area contributed by atoms with E-state index in [1.165, 1.54) is 6.92 Å². The van der Waals surface area contributed by atoms with Gasteiger partial charge in [0.05, 0.1) is 17.0 Å². The average Bonchev–Trinajstić information content (AvgIpc) is 2.55. The molecule has 5 nitrogen and oxygen atoms in total. The Morgan fingerprint density at radius 2 is 1.58 bits per heavy atom. The van der Waals surface area contributed by atoms with Crippen LogP contribution in [0.1, 0.15) is 25.5 Å². The first-order valence-corrected chi connectivity index (χ1v) is 8.91. The van der Waals surface area contributed by atoms with Crippen molar-refractivity contribution in [2.75, 3.05) is 0 Å². The van der Waals surface area contributed by atoms with Crippen molar-refractivity contribution in [1.82, 2.24) is 10.0 Å². The van der Waals surface area contributed by atoms with Gasteiger partial charge in [0.1, 0.15) is 5.82 Å². The molecule has 0 aliphatic rings. The molecule has 1 amide bonds. The van der Waals surface area contributed by atoms with E-state index in [0.717, 1.165) is 29.8 Å². The van der Waals surface area contributed by atoms with Crippen molar-refractivity contribution in [2.45, 2.75) is 30.8 Å². The Morgan fingerprint density at radius 1 is 1.00 bits per heavy atom. The molecule has 2 aromatic carbocycles. The summed E-state index contributed by atoms with van der Waals surface area (Å²) in [6.07, 6.45) is 0. The molecule has 2 aromatic rings. The quantitative estimate of drug-likeness (QED) is 0.840. The van der Waals surface area contributed by atoms with Gasteiger partial charge in [-0.15, -0.1) is 0 Å². The predicted octanol–water partition coefficient (Wildman–Crippen LogP) is 2.37. The number of hydrogen-bond acceptors (Lipinski definition) is 3. The second-order valence-electron chi connectivity index (χ2n) is 5.44. The highest BCUT2D eigenvalue weighted by Gasteiger charge is 2.23. The van der Waals surface area contributed by atoms with E-state index < -0.39 is 27.8 Å². The van der Waals surface area contributed by atoms with Crippen molar-refractivity contribution in [3.05, 3.63) is 66.0 Å². The van der Waals surface area contributed by atoms with Gasteiger partial charge in [-0.2, -0.15) is 4.72 Å². The molecule has 0 bridgehead atoms. The number of amides is 1. The van der Waals surface area contributed by atoms with Crippen LogP contribution >= 0.6 is 0 Å². The molecule has 0 fully saturated rings. The lowest BCUT2D eigenvalue weighted by atomic mass is 10.1. The summed E-state index contributed by atoms with van der Waals surface area (Å²) in [7, 11) is -3.90. The number of nitrogens with one attached hydrogen (secondary N) is 2. The number of hydrogen-bond donors (Lipinski definition) is 2. The molecule has 2 rings (SSSR count). The molecule has 2 unspecified atom stereocenters. The zero-order valence-electron chi connectivity index (χ0n) is 13.4. The minimum atomic E-state index is -3.90. The molecule has 2 atom stereocenters. The van der Waals surface area contributed by atoms with Crippen LogP contribution in [0.2, 0.25) is 0 Å². The third-order valence-electron chi connectivity index (χ3n) is 3.51. The van der Waals surface area contributed by atoms with Gasteiger partial charge in [-0.1, -0.05) is 30.3 Å². The molecule has 0 aliphatic carbocycles. The number of benzene rings is 2. The Labute approximate surface area is 141 Å². The van der Waals surface area contributed by atoms with E-state index in [9.17, 15) is 17.6 Å². The van der Waals surface area contributed by atoms with Crippen molar-refractivity contribution in [3.63, 3.8) is 0 Å². The molecule has 0 saturated heterocycles. The first-order valence-electron chi connectivity index (χ1n) is 7.43. The SMILES string of the molecule is CC(NS(=O)(=O)c1ccc(F)cc1)C(=O)NC(C)c1ccccc1. The standard InChI is InChI=1S/C17H19FN2O3S/c1-12(14-6-4-3-5-7-14)19-17(21)13(2)20-24(22,23)16-10-8-15(18)9-11-16/h3-13,20H,1-2H3,(H,19,21). The third-order valence-corrected chi connectivity index (χ3v) is 5.06. The van der Waals surface area contributed by atoms with E-state index in [2.05, 4.69) is 10.0 Å². The number of carbonyl (C=O) groups excluding carboxylic acids is 1. The Balaban J connectivity index is 2.02. The van der Waals surface area contributed by atoms with E-state index in [1.807, 2.05) is 37.3 Å². The van der Waals surface area contributed by atoms with Crippen LogP contribution in [0, 0.1) is 5.82 Å². The van der Waals surface area contributed by atoms with E-state index in [0.29, 0.717) is 0 Å². The molecule has 24 heavy (non-hydrogen) atoms. The largest absolute Gasteiger partial charge is 0.348 e. The van der Waals surface area contributed by atoms with Gasteiger partial charge < -0.3 is 5.32 Å². The lowest BCUT2D eigenvalue weighted by Crippen LogP contribution is -2.45. The fourth-order valence-electron chi connectivity index (χ4n) is 2.13. The second-order valence-corrected chi connectivity index (χ2v) is 7.15. The van der Waals surface area contributed by atoms with Gasteiger partial charge in [-0.25, -0.2) is 12.8 Å². The van der Waals surface area contributed by atoms with E-state index >= 15 is 0 Å². The molecule has 128 valence electrons. The van der Waals surface area contributed by atoms with Crippen LogP contribution in [-0.4, -0.2) is 20.4 Å². The highest BCUT2D eigenvalue weighted by Crippen LogP contribution is 2.13. The molecule has 0 spiro atoms. The minimum Gasteiger partial charge on any atom is -0.348 e. The van der Waals surface area contributed by atoms with Crippen LogP contribution in [0.3, 0.4) is 0 Å². The summed E-state index contributed by atoms with van der Waals surface area (Å²) in [5.74, 6) is -0.978. The van der Waals surface area contributed by atoms with E-state index in [1.54, 1.807) is 0 Å². The van der Waals surface area contributed by atoms with Crippen molar-refractivity contribution >= 4 is 15.9 Å². The van der Waals surface area contributed by atoms with Crippen molar-refractivity contribution in [2.24, 2.45) is 0 Å². The van der Waals surface area contributed by atoms with Gasteiger partial charge in [0.25, 0.3) is 0 Å². The first kappa shape index (κ1) is 18.1. The highest BCUT2D eigenvalue weighted by molar-refractivity contribution is 7.89. The molecule has 0 saturated carbocycles. The van der Waals surface area contributed by atoms with Gasteiger partial charge in [0.15, 0.2) is 0 Å². The maximum atomic E-state index is 12.9. The fraction of sp³-hybridized carbons (Fsp3) is 0.235. The van der Waals surface area contributed by atoms with Crippen molar-refractivity contribution in [3.8, 4) is 0 Å². The lowest BCUT2D eigenvalue weighted by molar-refractivity contribution is -0.123. The van der Waals surface area contributed by atoms with Crippen molar-refractivity contribution in [1.29, 1.82) is 0 Å². The highest BCUT2D eigenvalue weighted by atomic mass is 32.2. The monoisotopic (exact) mass is 350 g/mol. The van der Waals surface area contributed by atoms with Gasteiger partial charge >= 0.3 is 0 Å². The number of sulfonamides is 1. The Morgan fingerprint density at radius 3 is 2.17 bits per heavy atom. The number of carbonyl (C=O) groups is 1. The molecule has 0 aromatic heterocycles. The second kappa shape index (κ2) is 7.55. The van der Waals surface area contributed by atoms with Crippen LogP contribution in [-0.2, 0) is 14.8 Å². The van der Waals surface area contributed by atoms with E-state index in [-0.39, 0.29) is 10.9 Å². The van der Waals surface area contributed by atoms with Crippen LogP contribution in [0.25, 0.3) is 0 Å². The Kier molecular flexibility index (Phi) is 5.69. The zero-order valence-corrected chi connectivity index (χ0v) is 14.2. The van der Waals surface area contributed by atoms with Crippen LogP contribution in [0.4, 0.5) is 4.39 Å². The topological polar surface area (TPSA) is 75.3 Å². The van der Waals surface area contributed by atoms with Gasteiger partial charge in [-0.3, -0.25) is 4.79 Å². The molecular formula is C17H19FN2O3S. The van der Waals surface area contributed by atoms with Gasteiger partial charge in [-0.05, 0) is 43.7 Å². The van der Waals surface area contributed by atoms with Crippen LogP contribution < -0.4 is 10.0 Å². The smallest absolute Gasteiger partial charge is 0.241 e. The zero-order chi connectivity index (χ0) is 17.7. The molecular weight excluding hydrogens is 331 g/mol. The Hall–Kier alpha value is -2.25. The molecule has 0 radical (unpaired) electrons. The summed E-state index contributed by atoms with van der Waals surface area (Å²) < 4.78 is 39.6. The van der Waals surface area contributed by atoms with Crippen molar-refractivity contribution < 1.29 is 17.6 Å². The third kappa shape index (κ3) is 4.62. The average molecular weight is 350 g/mol. The normalized spacial score (nSPS) is 14.0. The van der Waals surface area contributed by atoms with Gasteiger partial charge in [0, 0.05) is 0 Å². The number of rotatable bonds is 6. The van der Waals surface area contributed by atoms with Crippen LogP contribution in [0.5, 0.6) is 0 Å². The summed E-state index contributed by atoms with van der Waals surface area (Å²) in [4.78, 5) is 12.1. The summed E-state index contributed by atoms with van der Waals surface area (Å²) in [5.41, 5.74) is 0.916. The predicted molar refractivity (Wildman–Crippen MR) is 89.2 cm³/mol. The van der Waals surface area contributed by atoms with Gasteiger partial charge in [0.2, 0.25) is 15.9 Å². The Bertz CT molecular complexity index is 792.